The molecule has 1 rings (SSSR count). The second-order valence-corrected chi connectivity index (χ2v) is 4.28. The van der Waals surface area contributed by atoms with Crippen molar-refractivity contribution in [1.82, 2.24) is 10.2 Å². The predicted octanol–water partition coefficient (Wildman–Crippen LogP) is 0.983. The molecular formula is C14H18N2O4. The first-order valence-electron chi connectivity index (χ1n) is 6.32. The fourth-order valence-electron chi connectivity index (χ4n) is 1.81. The van der Waals surface area contributed by atoms with E-state index in [1.165, 1.54) is 18.0 Å². The van der Waals surface area contributed by atoms with E-state index < -0.39 is 5.97 Å². The summed E-state index contributed by atoms with van der Waals surface area (Å²) in [6.07, 6.45) is 0.661. The average Bonchev–Trinajstić information content (AvgIpc) is 2.45. The Morgan fingerprint density at radius 1 is 1.25 bits per heavy atom. The summed E-state index contributed by atoms with van der Waals surface area (Å²) in [6.45, 7) is 1.87. The van der Waals surface area contributed by atoms with Crippen molar-refractivity contribution in [3.8, 4) is 0 Å². The van der Waals surface area contributed by atoms with Crippen LogP contribution in [0.15, 0.2) is 24.3 Å². The molecule has 0 fully saturated rings. The van der Waals surface area contributed by atoms with E-state index in [2.05, 4.69) is 5.32 Å². The summed E-state index contributed by atoms with van der Waals surface area (Å²) in [5.74, 6) is -1.74. The molecule has 0 aliphatic carbocycles. The van der Waals surface area contributed by atoms with Gasteiger partial charge in [-0.3, -0.25) is 14.4 Å². The van der Waals surface area contributed by atoms with E-state index in [9.17, 15) is 14.4 Å². The van der Waals surface area contributed by atoms with Gasteiger partial charge in [-0.2, -0.15) is 0 Å². The first-order chi connectivity index (χ1) is 9.49. The standard InChI is InChI=1S/C14H18N2O4/c1-3-7-16(9-12(17)18)14(20)11-6-4-5-10(8-11)13(19)15-2/h4-6,8H,3,7,9H2,1-2H3,(H,15,19)(H,17,18). The number of hydrogen-bond donors (Lipinski definition) is 2. The van der Waals surface area contributed by atoms with Crippen LogP contribution in [0.25, 0.3) is 0 Å². The predicted molar refractivity (Wildman–Crippen MR) is 73.7 cm³/mol. The third-order valence-electron chi connectivity index (χ3n) is 2.71. The van der Waals surface area contributed by atoms with Crippen molar-refractivity contribution < 1.29 is 19.5 Å². The van der Waals surface area contributed by atoms with Crippen LogP contribution in [-0.4, -0.2) is 47.9 Å². The zero-order valence-corrected chi connectivity index (χ0v) is 11.5. The highest BCUT2D eigenvalue weighted by molar-refractivity contribution is 6.00. The molecule has 0 spiro atoms. The maximum absolute atomic E-state index is 12.3. The summed E-state index contributed by atoms with van der Waals surface area (Å²) >= 11 is 0. The maximum Gasteiger partial charge on any atom is 0.323 e. The second-order valence-electron chi connectivity index (χ2n) is 4.28. The van der Waals surface area contributed by atoms with Crippen molar-refractivity contribution in [2.75, 3.05) is 20.1 Å². The van der Waals surface area contributed by atoms with Crippen molar-refractivity contribution in [2.45, 2.75) is 13.3 Å². The van der Waals surface area contributed by atoms with Gasteiger partial charge in [-0.25, -0.2) is 0 Å². The van der Waals surface area contributed by atoms with Crippen LogP contribution in [0, 0.1) is 0 Å². The lowest BCUT2D eigenvalue weighted by Crippen LogP contribution is -2.36. The summed E-state index contributed by atoms with van der Waals surface area (Å²) in [6, 6.07) is 6.23. The summed E-state index contributed by atoms with van der Waals surface area (Å²) < 4.78 is 0. The lowest BCUT2D eigenvalue weighted by molar-refractivity contribution is -0.137. The Bertz CT molecular complexity index is 514. The minimum absolute atomic E-state index is 0.292. The summed E-state index contributed by atoms with van der Waals surface area (Å²) in [5.41, 5.74) is 0.672. The first kappa shape index (κ1) is 15.7. The van der Waals surface area contributed by atoms with Gasteiger partial charge in [0.25, 0.3) is 11.8 Å². The molecule has 0 radical (unpaired) electrons. The van der Waals surface area contributed by atoms with Crippen LogP contribution in [0.2, 0.25) is 0 Å². The normalized spacial score (nSPS) is 9.90. The van der Waals surface area contributed by atoms with Crippen molar-refractivity contribution in [3.05, 3.63) is 35.4 Å². The number of carbonyl (C=O) groups excluding carboxylic acids is 2. The summed E-state index contributed by atoms with van der Waals surface area (Å²) in [4.78, 5) is 35.8. The molecule has 6 nitrogen and oxygen atoms in total. The molecule has 0 heterocycles. The number of carboxylic acids is 1. The third-order valence-corrected chi connectivity index (χ3v) is 2.71. The minimum Gasteiger partial charge on any atom is -0.480 e. The van der Waals surface area contributed by atoms with E-state index in [1.54, 1.807) is 18.2 Å². The largest absolute Gasteiger partial charge is 0.480 e. The number of rotatable bonds is 6. The summed E-state index contributed by atoms with van der Waals surface area (Å²) in [7, 11) is 1.50. The number of nitrogens with zero attached hydrogens (tertiary/aromatic N) is 1. The van der Waals surface area contributed by atoms with Gasteiger partial charge in [0.1, 0.15) is 6.54 Å². The van der Waals surface area contributed by atoms with Crippen molar-refractivity contribution in [2.24, 2.45) is 0 Å². The van der Waals surface area contributed by atoms with Gasteiger partial charge in [0, 0.05) is 24.7 Å². The quantitative estimate of drug-likeness (QED) is 0.812. The molecule has 0 aliphatic rings. The molecule has 6 heteroatoms. The number of nitrogens with one attached hydrogen (secondary N) is 1. The Morgan fingerprint density at radius 2 is 1.90 bits per heavy atom. The van der Waals surface area contributed by atoms with Crippen LogP contribution >= 0.6 is 0 Å². The lowest BCUT2D eigenvalue weighted by atomic mass is 10.1. The van der Waals surface area contributed by atoms with E-state index in [1.807, 2.05) is 6.92 Å². The first-order valence-corrected chi connectivity index (χ1v) is 6.32. The minimum atomic E-state index is -1.06. The van der Waals surface area contributed by atoms with E-state index in [0.29, 0.717) is 24.1 Å². The SMILES string of the molecule is CCCN(CC(=O)O)C(=O)c1cccc(C(=O)NC)c1. The molecule has 0 unspecified atom stereocenters. The number of hydrogen-bond acceptors (Lipinski definition) is 3. The number of carbonyl (C=O) groups is 3. The number of carboxylic acid groups (broad SMARTS) is 1. The number of aliphatic carboxylic acids is 1. The van der Waals surface area contributed by atoms with Crippen molar-refractivity contribution >= 4 is 17.8 Å². The second kappa shape index (κ2) is 7.28. The molecule has 108 valence electrons. The highest BCUT2D eigenvalue weighted by Crippen LogP contribution is 2.09. The zero-order valence-electron chi connectivity index (χ0n) is 11.5. The fraction of sp³-hybridized carbons (Fsp3) is 0.357. The average molecular weight is 278 g/mol. The zero-order chi connectivity index (χ0) is 15.1. The molecule has 0 bridgehead atoms. The lowest BCUT2D eigenvalue weighted by Gasteiger charge is -2.20. The van der Waals surface area contributed by atoms with Gasteiger partial charge >= 0.3 is 5.97 Å². The molecular weight excluding hydrogens is 260 g/mol. The van der Waals surface area contributed by atoms with Gasteiger partial charge in [0.15, 0.2) is 0 Å². The molecule has 1 aromatic rings. The number of amides is 2. The van der Waals surface area contributed by atoms with Crippen LogP contribution in [0.4, 0.5) is 0 Å². The van der Waals surface area contributed by atoms with Crippen LogP contribution in [-0.2, 0) is 4.79 Å². The smallest absolute Gasteiger partial charge is 0.323 e. The maximum atomic E-state index is 12.3. The van der Waals surface area contributed by atoms with Gasteiger partial charge in [-0.15, -0.1) is 0 Å². The Hall–Kier alpha value is -2.37. The van der Waals surface area contributed by atoms with Gasteiger partial charge in [0.2, 0.25) is 0 Å². The van der Waals surface area contributed by atoms with Gasteiger partial charge in [-0.1, -0.05) is 13.0 Å². The molecule has 2 N–H and O–H groups in total. The topological polar surface area (TPSA) is 86.7 Å². The molecule has 0 saturated carbocycles. The summed E-state index contributed by atoms with van der Waals surface area (Å²) in [5, 5.41) is 11.3. The number of benzene rings is 1. The van der Waals surface area contributed by atoms with Crippen LogP contribution in [0.1, 0.15) is 34.1 Å². The van der Waals surface area contributed by atoms with Gasteiger partial charge in [0.05, 0.1) is 0 Å². The monoisotopic (exact) mass is 278 g/mol. The van der Waals surface area contributed by atoms with E-state index in [0.717, 1.165) is 0 Å². The Morgan fingerprint density at radius 3 is 2.45 bits per heavy atom. The van der Waals surface area contributed by atoms with Gasteiger partial charge in [-0.05, 0) is 24.6 Å². The van der Waals surface area contributed by atoms with E-state index in [4.69, 9.17) is 5.11 Å². The highest BCUT2D eigenvalue weighted by atomic mass is 16.4. The molecule has 0 aliphatic heterocycles. The van der Waals surface area contributed by atoms with E-state index in [-0.39, 0.29) is 18.4 Å². The van der Waals surface area contributed by atoms with Gasteiger partial charge < -0.3 is 15.3 Å². The van der Waals surface area contributed by atoms with Crippen molar-refractivity contribution in [1.29, 1.82) is 0 Å². The Kier molecular flexibility index (Phi) is 5.71. The van der Waals surface area contributed by atoms with Crippen molar-refractivity contribution in [3.63, 3.8) is 0 Å². The molecule has 0 saturated heterocycles. The molecule has 0 aromatic heterocycles. The Labute approximate surface area is 117 Å². The Balaban J connectivity index is 2.99. The van der Waals surface area contributed by atoms with Crippen LogP contribution < -0.4 is 5.32 Å². The molecule has 1 aromatic carbocycles. The molecule has 0 atom stereocenters. The van der Waals surface area contributed by atoms with Crippen LogP contribution in [0.5, 0.6) is 0 Å². The highest BCUT2D eigenvalue weighted by Gasteiger charge is 2.18. The van der Waals surface area contributed by atoms with Crippen LogP contribution in [0.3, 0.4) is 0 Å². The fourth-order valence-corrected chi connectivity index (χ4v) is 1.81. The molecule has 20 heavy (non-hydrogen) atoms. The third kappa shape index (κ3) is 4.08. The molecule has 2 amide bonds. The van der Waals surface area contributed by atoms with E-state index >= 15 is 0 Å².